The van der Waals surface area contributed by atoms with Crippen molar-refractivity contribution in [3.8, 4) is 0 Å². The van der Waals surface area contributed by atoms with Crippen LogP contribution < -0.4 is 5.73 Å². The molecule has 0 spiro atoms. The summed E-state index contributed by atoms with van der Waals surface area (Å²) in [6.45, 7) is 9.90. The lowest BCUT2D eigenvalue weighted by atomic mass is 10.1. The van der Waals surface area contributed by atoms with Gasteiger partial charge >= 0.3 is 17.9 Å². The van der Waals surface area contributed by atoms with E-state index < -0.39 is 54.3 Å². The highest BCUT2D eigenvalue weighted by Gasteiger charge is 2.51. The predicted molar refractivity (Wildman–Crippen MR) is 126 cm³/mol. The molecule has 1 aliphatic heterocycles. The molecule has 3 rings (SSSR count). The molecule has 2 aromatic heterocycles. The first-order chi connectivity index (χ1) is 16.4. The number of hydrogen-bond donors (Lipinski definition) is 2. The molecule has 35 heavy (non-hydrogen) atoms. The minimum Gasteiger partial charge on any atom is -0.463 e. The van der Waals surface area contributed by atoms with Gasteiger partial charge in [-0.3, -0.25) is 19.0 Å². The largest absolute Gasteiger partial charge is 0.463 e. The molecule has 12 nitrogen and oxygen atoms in total. The summed E-state index contributed by atoms with van der Waals surface area (Å²) in [4.78, 5) is 48.5. The zero-order chi connectivity index (χ0) is 26.0. The van der Waals surface area contributed by atoms with E-state index in [0.717, 1.165) is 0 Å². The molecule has 13 heteroatoms. The number of hydrogen-bond acceptors (Lipinski definition) is 11. The number of aromatic nitrogens is 4. The van der Waals surface area contributed by atoms with E-state index in [0.29, 0.717) is 11.2 Å². The van der Waals surface area contributed by atoms with Crippen molar-refractivity contribution < 1.29 is 33.3 Å². The number of nitrogens with one attached hydrogen (secondary N) is 1. The fraction of sp³-hybridized carbons (Fsp3) is 0.636. The van der Waals surface area contributed by atoms with E-state index >= 15 is 0 Å². The van der Waals surface area contributed by atoms with Crippen LogP contribution in [0, 0.1) is 22.4 Å². The van der Waals surface area contributed by atoms with Crippen LogP contribution in [0.5, 0.6) is 0 Å². The molecule has 0 aromatic carbocycles. The van der Waals surface area contributed by atoms with Crippen molar-refractivity contribution in [2.24, 2.45) is 17.8 Å². The fourth-order valence-corrected chi connectivity index (χ4v) is 3.60. The second-order valence-corrected chi connectivity index (χ2v) is 9.63. The standard InChI is InChI=1S/C22H31N5O7S/c1-9(2)19(28)31-7-12-14(33-20(29)10(3)4)15(34-21(30)11(5)6)18(32-12)27-8-24-13-16(27)25-22(23)26-17(13)35/h8-12,14-15,18H,7H2,1-6H3,(H3,23,25,26,35)/t12-,14+,15-,18+/m0/s1. The molecule has 2 aromatic rings. The Balaban J connectivity index is 2.06. The first kappa shape index (κ1) is 26.5. The van der Waals surface area contributed by atoms with Gasteiger partial charge in [0.2, 0.25) is 0 Å². The summed E-state index contributed by atoms with van der Waals surface area (Å²) in [5.41, 5.74) is 6.58. The lowest BCUT2D eigenvalue weighted by Gasteiger charge is -2.26. The minimum atomic E-state index is -1.08. The van der Waals surface area contributed by atoms with Crippen LogP contribution in [0.15, 0.2) is 6.33 Å². The number of nitrogens with zero attached hydrogens (tertiary/aromatic N) is 3. The summed E-state index contributed by atoms with van der Waals surface area (Å²) in [5, 5.41) is 0. The highest BCUT2D eigenvalue weighted by Crippen LogP contribution is 2.36. The number of nitrogens with two attached hydrogens (primary N) is 1. The topological polar surface area (TPSA) is 161 Å². The van der Waals surface area contributed by atoms with Gasteiger partial charge in [0, 0.05) is 0 Å². The van der Waals surface area contributed by atoms with Gasteiger partial charge in [-0.1, -0.05) is 53.8 Å². The number of esters is 3. The van der Waals surface area contributed by atoms with Crippen molar-refractivity contribution in [2.75, 3.05) is 12.3 Å². The molecule has 192 valence electrons. The normalized spacial score (nSPS) is 22.2. The van der Waals surface area contributed by atoms with Crippen molar-refractivity contribution in [2.45, 2.75) is 66.1 Å². The number of H-pyrrole nitrogens is 1. The Labute approximate surface area is 207 Å². The molecule has 3 heterocycles. The number of carbonyl (C=O) groups excluding carboxylic acids is 3. The number of aromatic amines is 1. The monoisotopic (exact) mass is 509 g/mol. The molecule has 0 unspecified atom stereocenters. The van der Waals surface area contributed by atoms with Crippen molar-refractivity contribution in [1.29, 1.82) is 0 Å². The van der Waals surface area contributed by atoms with Crippen LogP contribution in [-0.4, -0.2) is 62.3 Å². The van der Waals surface area contributed by atoms with Crippen LogP contribution in [0.4, 0.5) is 5.95 Å². The Bertz CT molecular complexity index is 1160. The Morgan fingerprint density at radius 1 is 1.06 bits per heavy atom. The van der Waals surface area contributed by atoms with Crippen LogP contribution in [-0.2, 0) is 33.3 Å². The Morgan fingerprint density at radius 2 is 1.63 bits per heavy atom. The summed E-state index contributed by atoms with van der Waals surface area (Å²) in [6.07, 6.45) is -2.62. The Hall–Kier alpha value is -3.06. The van der Waals surface area contributed by atoms with Crippen molar-refractivity contribution in [1.82, 2.24) is 19.5 Å². The molecule has 0 aliphatic carbocycles. The van der Waals surface area contributed by atoms with Crippen LogP contribution in [0.1, 0.15) is 47.8 Å². The van der Waals surface area contributed by atoms with Gasteiger partial charge in [0.05, 0.1) is 24.1 Å². The molecule has 0 amide bonds. The first-order valence-electron chi connectivity index (χ1n) is 11.4. The summed E-state index contributed by atoms with van der Waals surface area (Å²) in [5.74, 6) is -2.71. The second kappa shape index (κ2) is 10.7. The van der Waals surface area contributed by atoms with Gasteiger partial charge in [-0.2, -0.15) is 0 Å². The Morgan fingerprint density at radius 3 is 2.20 bits per heavy atom. The van der Waals surface area contributed by atoms with E-state index in [9.17, 15) is 14.4 Å². The number of nitrogen functional groups attached to an aromatic ring is 1. The van der Waals surface area contributed by atoms with Crippen LogP contribution in [0.2, 0.25) is 0 Å². The molecule has 0 bridgehead atoms. The Kier molecular flexibility index (Phi) is 8.11. The average Bonchev–Trinajstić information content (AvgIpc) is 3.33. The molecule has 1 saturated heterocycles. The molecule has 1 fully saturated rings. The van der Waals surface area contributed by atoms with Crippen molar-refractivity contribution in [3.63, 3.8) is 0 Å². The van der Waals surface area contributed by atoms with Crippen LogP contribution in [0.25, 0.3) is 11.2 Å². The fourth-order valence-electron chi connectivity index (χ4n) is 3.35. The van der Waals surface area contributed by atoms with Gasteiger partial charge in [-0.05, 0) is 0 Å². The summed E-state index contributed by atoms with van der Waals surface area (Å²) >= 11 is 5.25. The molecular formula is C22H31N5O7S. The first-order valence-corrected chi connectivity index (χ1v) is 11.8. The zero-order valence-electron chi connectivity index (χ0n) is 20.5. The van der Waals surface area contributed by atoms with E-state index in [4.69, 9.17) is 36.9 Å². The van der Waals surface area contributed by atoms with Gasteiger partial charge < -0.3 is 29.7 Å². The maximum absolute atomic E-state index is 12.6. The zero-order valence-corrected chi connectivity index (χ0v) is 21.3. The third-order valence-electron chi connectivity index (χ3n) is 5.33. The number of imidazole rings is 1. The van der Waals surface area contributed by atoms with Crippen LogP contribution in [0.3, 0.4) is 0 Å². The number of ether oxygens (including phenoxy) is 4. The van der Waals surface area contributed by atoms with Gasteiger partial charge in [-0.25, -0.2) is 9.97 Å². The molecule has 0 radical (unpaired) electrons. The van der Waals surface area contributed by atoms with E-state index in [-0.39, 0.29) is 23.1 Å². The number of anilines is 1. The van der Waals surface area contributed by atoms with E-state index in [2.05, 4.69) is 15.0 Å². The number of rotatable bonds is 8. The van der Waals surface area contributed by atoms with Gasteiger partial charge in [-0.15, -0.1) is 0 Å². The summed E-state index contributed by atoms with van der Waals surface area (Å²) in [7, 11) is 0. The number of fused-ring (bicyclic) bond motifs is 1. The van der Waals surface area contributed by atoms with E-state index in [1.54, 1.807) is 46.1 Å². The summed E-state index contributed by atoms with van der Waals surface area (Å²) < 4.78 is 24.8. The van der Waals surface area contributed by atoms with Crippen molar-refractivity contribution >= 4 is 47.2 Å². The molecular weight excluding hydrogens is 478 g/mol. The maximum Gasteiger partial charge on any atom is 0.308 e. The minimum absolute atomic E-state index is 0.0585. The van der Waals surface area contributed by atoms with Gasteiger partial charge in [0.25, 0.3) is 0 Å². The molecule has 3 N–H and O–H groups in total. The summed E-state index contributed by atoms with van der Waals surface area (Å²) in [6, 6.07) is 0. The van der Waals surface area contributed by atoms with Gasteiger partial charge in [0.1, 0.15) is 23.9 Å². The van der Waals surface area contributed by atoms with Crippen LogP contribution >= 0.6 is 12.2 Å². The molecule has 1 aliphatic rings. The van der Waals surface area contributed by atoms with Crippen molar-refractivity contribution in [3.05, 3.63) is 11.0 Å². The lowest BCUT2D eigenvalue weighted by molar-refractivity contribution is -0.173. The third kappa shape index (κ3) is 5.78. The molecule has 0 saturated carbocycles. The lowest BCUT2D eigenvalue weighted by Crippen LogP contribution is -2.42. The smallest absolute Gasteiger partial charge is 0.308 e. The third-order valence-corrected chi connectivity index (χ3v) is 5.62. The predicted octanol–water partition coefficient (Wildman–Crippen LogP) is 2.30. The quantitative estimate of drug-likeness (QED) is 0.305. The second-order valence-electron chi connectivity index (χ2n) is 9.24. The van der Waals surface area contributed by atoms with E-state index in [1.165, 1.54) is 6.33 Å². The highest BCUT2D eigenvalue weighted by molar-refractivity contribution is 7.71. The van der Waals surface area contributed by atoms with E-state index in [1.807, 2.05) is 0 Å². The SMILES string of the molecule is CC(C)C(=O)OC[C@@H]1O[C@@H](n2cnc3c(=S)nc(N)[nH]c32)[C@@H](OC(=O)C(C)C)[C@@H]1OC(=O)C(C)C. The maximum atomic E-state index is 12.6. The number of carbonyl (C=O) groups is 3. The highest BCUT2D eigenvalue weighted by atomic mass is 32.1. The average molecular weight is 510 g/mol. The van der Waals surface area contributed by atoms with Gasteiger partial charge in [0.15, 0.2) is 29.0 Å². The molecule has 4 atom stereocenters.